The van der Waals surface area contributed by atoms with Gasteiger partial charge in [0, 0.05) is 19.6 Å². The van der Waals surface area contributed by atoms with E-state index in [1.165, 1.54) is 10.4 Å². The number of nitrogens with one attached hydrogen (secondary N) is 1. The molecule has 0 saturated carbocycles. The molecule has 16 heavy (non-hydrogen) atoms. The van der Waals surface area contributed by atoms with Crippen molar-refractivity contribution in [2.24, 2.45) is 0 Å². The molecule has 0 aromatic rings. The molecular weight excluding hydrogens is 228 g/mol. The van der Waals surface area contributed by atoms with Crippen LogP contribution >= 0.6 is 0 Å². The summed E-state index contributed by atoms with van der Waals surface area (Å²) in [5.41, 5.74) is 0. The van der Waals surface area contributed by atoms with Crippen molar-refractivity contribution in [3.8, 4) is 0 Å². The van der Waals surface area contributed by atoms with Gasteiger partial charge in [-0.15, -0.1) is 6.58 Å². The van der Waals surface area contributed by atoms with E-state index in [0.717, 1.165) is 6.54 Å². The van der Waals surface area contributed by atoms with E-state index < -0.39 is 15.3 Å². The molecule has 0 saturated heterocycles. The third-order valence-electron chi connectivity index (χ3n) is 2.23. The van der Waals surface area contributed by atoms with E-state index >= 15 is 0 Å². The third-order valence-corrected chi connectivity index (χ3v) is 4.47. The number of sulfonamides is 1. The van der Waals surface area contributed by atoms with Gasteiger partial charge in [-0.25, -0.2) is 8.42 Å². The maximum Gasteiger partial charge on any atom is 0.218 e. The maximum absolute atomic E-state index is 12.0. The summed E-state index contributed by atoms with van der Waals surface area (Å²) in [7, 11) is -3.36. The molecular formula is C10H22N2O3S. The molecule has 5 nitrogen and oxygen atoms in total. The van der Waals surface area contributed by atoms with Gasteiger partial charge in [-0.2, -0.15) is 4.31 Å². The Balaban J connectivity index is 4.62. The van der Waals surface area contributed by atoms with Crippen LogP contribution in [0.3, 0.4) is 0 Å². The lowest BCUT2D eigenvalue weighted by atomic mass is 10.5. The highest BCUT2D eigenvalue weighted by Gasteiger charge is 2.26. The monoisotopic (exact) mass is 250 g/mol. The smallest absolute Gasteiger partial charge is 0.218 e. The van der Waals surface area contributed by atoms with Crippen LogP contribution in [0.1, 0.15) is 13.8 Å². The van der Waals surface area contributed by atoms with Crippen LogP contribution in [0.2, 0.25) is 0 Å². The predicted octanol–water partition coefficient (Wildman–Crippen LogP) is -0.205. The van der Waals surface area contributed by atoms with Crippen LogP contribution in [-0.2, 0) is 10.0 Å². The molecule has 0 aliphatic carbocycles. The van der Waals surface area contributed by atoms with Crippen molar-refractivity contribution in [3.63, 3.8) is 0 Å². The zero-order valence-corrected chi connectivity index (χ0v) is 10.8. The highest BCUT2D eigenvalue weighted by atomic mass is 32.2. The summed E-state index contributed by atoms with van der Waals surface area (Å²) in [5.74, 6) is 0. The fourth-order valence-electron chi connectivity index (χ4n) is 1.29. The predicted molar refractivity (Wildman–Crippen MR) is 65.8 cm³/mol. The standard InChI is InChI=1S/C10H22N2O3S/c1-4-6-12(7-8-13)16(14,15)10(3)9-11-5-2/h4,10-11,13H,1,5-9H2,2-3H3. The van der Waals surface area contributed by atoms with Crippen LogP contribution < -0.4 is 5.32 Å². The molecule has 1 atom stereocenters. The molecule has 0 aliphatic heterocycles. The molecule has 96 valence electrons. The van der Waals surface area contributed by atoms with Crippen molar-refractivity contribution >= 4 is 10.0 Å². The average molecular weight is 250 g/mol. The summed E-state index contributed by atoms with van der Waals surface area (Å²) in [6, 6.07) is 0. The van der Waals surface area contributed by atoms with Crippen molar-refractivity contribution in [2.75, 3.05) is 32.8 Å². The molecule has 0 aliphatic rings. The van der Waals surface area contributed by atoms with Gasteiger partial charge < -0.3 is 10.4 Å². The van der Waals surface area contributed by atoms with E-state index in [1.807, 2.05) is 6.92 Å². The minimum Gasteiger partial charge on any atom is -0.395 e. The molecule has 6 heteroatoms. The Morgan fingerprint density at radius 1 is 1.56 bits per heavy atom. The molecule has 0 spiro atoms. The minimum atomic E-state index is -3.36. The van der Waals surface area contributed by atoms with Crippen molar-refractivity contribution in [2.45, 2.75) is 19.1 Å². The first-order valence-corrected chi connectivity index (χ1v) is 6.92. The molecule has 0 amide bonds. The van der Waals surface area contributed by atoms with Gasteiger partial charge in [0.15, 0.2) is 0 Å². The van der Waals surface area contributed by atoms with E-state index in [9.17, 15) is 8.42 Å². The Kier molecular flexibility index (Phi) is 7.57. The van der Waals surface area contributed by atoms with E-state index in [0.29, 0.717) is 6.54 Å². The number of nitrogens with zero attached hydrogens (tertiary/aromatic N) is 1. The highest BCUT2D eigenvalue weighted by Crippen LogP contribution is 2.08. The Bertz CT molecular complexity index is 290. The largest absolute Gasteiger partial charge is 0.395 e. The first kappa shape index (κ1) is 15.6. The lowest BCUT2D eigenvalue weighted by Gasteiger charge is -2.24. The maximum atomic E-state index is 12.0. The lowest BCUT2D eigenvalue weighted by Crippen LogP contribution is -2.43. The van der Waals surface area contributed by atoms with Gasteiger partial charge in [-0.3, -0.25) is 0 Å². The normalized spacial score (nSPS) is 14.0. The Hall–Kier alpha value is -0.430. The number of hydrogen-bond acceptors (Lipinski definition) is 4. The molecule has 0 bridgehead atoms. The van der Waals surface area contributed by atoms with E-state index in [-0.39, 0.29) is 19.7 Å². The molecule has 1 unspecified atom stereocenters. The summed E-state index contributed by atoms with van der Waals surface area (Å²) >= 11 is 0. The summed E-state index contributed by atoms with van der Waals surface area (Å²) < 4.78 is 25.3. The average Bonchev–Trinajstić information content (AvgIpc) is 2.25. The van der Waals surface area contributed by atoms with E-state index in [1.54, 1.807) is 6.92 Å². The third kappa shape index (κ3) is 4.61. The van der Waals surface area contributed by atoms with Crippen LogP contribution in [0.4, 0.5) is 0 Å². The van der Waals surface area contributed by atoms with E-state index in [4.69, 9.17) is 5.11 Å². The molecule has 0 aromatic carbocycles. The van der Waals surface area contributed by atoms with Gasteiger partial charge in [0.05, 0.1) is 11.9 Å². The second-order valence-electron chi connectivity index (χ2n) is 3.53. The summed E-state index contributed by atoms with van der Waals surface area (Å²) in [5, 5.41) is 11.3. The summed E-state index contributed by atoms with van der Waals surface area (Å²) in [6.07, 6.45) is 1.52. The Morgan fingerprint density at radius 3 is 2.62 bits per heavy atom. The fraction of sp³-hybridized carbons (Fsp3) is 0.800. The van der Waals surface area contributed by atoms with Gasteiger partial charge in [0.1, 0.15) is 0 Å². The van der Waals surface area contributed by atoms with Crippen molar-refractivity contribution in [1.29, 1.82) is 0 Å². The van der Waals surface area contributed by atoms with Crippen molar-refractivity contribution in [1.82, 2.24) is 9.62 Å². The quantitative estimate of drug-likeness (QED) is 0.556. The highest BCUT2D eigenvalue weighted by molar-refractivity contribution is 7.89. The Labute approximate surface area is 98.2 Å². The summed E-state index contributed by atoms with van der Waals surface area (Å²) in [4.78, 5) is 0. The van der Waals surface area contributed by atoms with Crippen LogP contribution in [0.25, 0.3) is 0 Å². The first-order valence-electron chi connectivity index (χ1n) is 5.42. The molecule has 0 fully saturated rings. The zero-order chi connectivity index (χ0) is 12.6. The van der Waals surface area contributed by atoms with Gasteiger partial charge in [0.25, 0.3) is 0 Å². The van der Waals surface area contributed by atoms with Crippen molar-refractivity contribution < 1.29 is 13.5 Å². The number of hydrogen-bond donors (Lipinski definition) is 2. The number of aliphatic hydroxyl groups excluding tert-OH is 1. The molecule has 0 rings (SSSR count). The summed E-state index contributed by atoms with van der Waals surface area (Å²) in [6.45, 7) is 8.42. The second kappa shape index (κ2) is 7.78. The van der Waals surface area contributed by atoms with Gasteiger partial charge in [0.2, 0.25) is 10.0 Å². The number of aliphatic hydroxyl groups is 1. The van der Waals surface area contributed by atoms with Crippen molar-refractivity contribution in [3.05, 3.63) is 12.7 Å². The van der Waals surface area contributed by atoms with Gasteiger partial charge in [-0.1, -0.05) is 13.0 Å². The van der Waals surface area contributed by atoms with Crippen LogP contribution in [0.15, 0.2) is 12.7 Å². The number of rotatable bonds is 9. The SMILES string of the molecule is C=CCN(CCO)S(=O)(=O)C(C)CNCC. The van der Waals surface area contributed by atoms with Crippen LogP contribution in [0, 0.1) is 0 Å². The van der Waals surface area contributed by atoms with Crippen LogP contribution in [-0.4, -0.2) is 55.9 Å². The molecule has 0 aromatic heterocycles. The minimum absolute atomic E-state index is 0.116. The molecule has 0 radical (unpaired) electrons. The van der Waals surface area contributed by atoms with E-state index in [2.05, 4.69) is 11.9 Å². The molecule has 0 heterocycles. The van der Waals surface area contributed by atoms with Gasteiger partial charge >= 0.3 is 0 Å². The topological polar surface area (TPSA) is 69.6 Å². The lowest BCUT2D eigenvalue weighted by molar-refractivity contribution is 0.259. The first-order chi connectivity index (χ1) is 7.50. The van der Waals surface area contributed by atoms with Crippen LogP contribution in [0.5, 0.6) is 0 Å². The zero-order valence-electron chi connectivity index (χ0n) is 10.0. The second-order valence-corrected chi connectivity index (χ2v) is 5.88. The Morgan fingerprint density at radius 2 is 2.19 bits per heavy atom. The fourth-order valence-corrected chi connectivity index (χ4v) is 2.77. The van der Waals surface area contributed by atoms with Gasteiger partial charge in [-0.05, 0) is 13.5 Å². The molecule has 2 N–H and O–H groups in total.